The molecule has 2 rings (SSSR count). The van der Waals surface area contributed by atoms with Gasteiger partial charge in [-0.25, -0.2) is 0 Å². The van der Waals surface area contributed by atoms with Crippen LogP contribution in [0.25, 0.3) is 0 Å². The van der Waals surface area contributed by atoms with Crippen LogP contribution in [-0.2, 0) is 11.2 Å². The van der Waals surface area contributed by atoms with E-state index in [9.17, 15) is 14.7 Å². The molecule has 1 unspecified atom stereocenters. The molecule has 25 heavy (non-hydrogen) atoms. The van der Waals surface area contributed by atoms with Crippen molar-refractivity contribution in [3.63, 3.8) is 0 Å². The molecule has 2 aromatic rings. The lowest BCUT2D eigenvalue weighted by atomic mass is 9.99. The fourth-order valence-electron chi connectivity index (χ4n) is 2.52. The van der Waals surface area contributed by atoms with Crippen molar-refractivity contribution in [3.05, 3.63) is 59.7 Å². The quantitative estimate of drug-likeness (QED) is 0.769. The Bertz CT molecular complexity index is 730. The Labute approximate surface area is 146 Å². The van der Waals surface area contributed by atoms with Gasteiger partial charge in [-0.15, -0.1) is 0 Å². The van der Waals surface area contributed by atoms with Crippen molar-refractivity contribution in [3.8, 4) is 11.5 Å². The zero-order valence-electron chi connectivity index (χ0n) is 14.2. The molecule has 2 N–H and O–H groups in total. The second kappa shape index (κ2) is 8.73. The SMILES string of the molecule is COc1cccc(C(=O)NCC(Cc2ccccc2)C(=O)O)c1OC. The highest BCUT2D eigenvalue weighted by Gasteiger charge is 2.21. The van der Waals surface area contributed by atoms with E-state index in [-0.39, 0.29) is 6.54 Å². The number of benzene rings is 2. The lowest BCUT2D eigenvalue weighted by molar-refractivity contribution is -0.141. The summed E-state index contributed by atoms with van der Waals surface area (Å²) in [6.07, 6.45) is 0.339. The van der Waals surface area contributed by atoms with Crippen molar-refractivity contribution < 1.29 is 24.2 Å². The molecule has 0 aliphatic heterocycles. The minimum atomic E-state index is -0.957. The third-order valence-corrected chi connectivity index (χ3v) is 3.83. The molecule has 0 fully saturated rings. The van der Waals surface area contributed by atoms with Crippen molar-refractivity contribution >= 4 is 11.9 Å². The topological polar surface area (TPSA) is 84.9 Å². The third-order valence-electron chi connectivity index (χ3n) is 3.83. The first-order valence-electron chi connectivity index (χ1n) is 7.82. The summed E-state index contributed by atoms with van der Waals surface area (Å²) in [5.74, 6) is -1.33. The van der Waals surface area contributed by atoms with E-state index in [1.165, 1.54) is 14.2 Å². The Morgan fingerprint density at radius 2 is 1.76 bits per heavy atom. The number of ether oxygens (including phenoxy) is 2. The molecule has 1 atom stereocenters. The smallest absolute Gasteiger partial charge is 0.308 e. The molecule has 0 saturated heterocycles. The van der Waals surface area contributed by atoms with Gasteiger partial charge in [-0.1, -0.05) is 36.4 Å². The second-order valence-corrected chi connectivity index (χ2v) is 5.48. The number of para-hydroxylation sites is 1. The molecule has 1 amide bonds. The highest BCUT2D eigenvalue weighted by Crippen LogP contribution is 2.30. The summed E-state index contributed by atoms with van der Waals surface area (Å²) in [6.45, 7) is 0.0173. The van der Waals surface area contributed by atoms with Crippen LogP contribution in [-0.4, -0.2) is 37.7 Å². The number of aliphatic carboxylic acids is 1. The lowest BCUT2D eigenvalue weighted by Crippen LogP contribution is -2.34. The van der Waals surface area contributed by atoms with Gasteiger partial charge in [0.2, 0.25) is 0 Å². The molecule has 0 spiro atoms. The first kappa shape index (κ1) is 18.3. The van der Waals surface area contributed by atoms with Crippen LogP contribution in [0.1, 0.15) is 15.9 Å². The van der Waals surface area contributed by atoms with Gasteiger partial charge in [-0.2, -0.15) is 0 Å². The van der Waals surface area contributed by atoms with Crippen molar-refractivity contribution in [2.24, 2.45) is 5.92 Å². The highest BCUT2D eigenvalue weighted by atomic mass is 16.5. The lowest BCUT2D eigenvalue weighted by Gasteiger charge is -2.15. The average molecular weight is 343 g/mol. The summed E-state index contributed by atoms with van der Waals surface area (Å²) in [5, 5.41) is 12.1. The molecule has 0 aromatic heterocycles. The number of methoxy groups -OCH3 is 2. The maximum absolute atomic E-state index is 12.4. The van der Waals surface area contributed by atoms with E-state index in [0.29, 0.717) is 23.5 Å². The number of carboxylic acids is 1. The molecule has 0 heterocycles. The number of nitrogens with one attached hydrogen (secondary N) is 1. The highest BCUT2D eigenvalue weighted by molar-refractivity contribution is 5.98. The number of carboxylic acid groups (broad SMARTS) is 1. The maximum Gasteiger partial charge on any atom is 0.308 e. The van der Waals surface area contributed by atoms with Gasteiger partial charge in [-0.3, -0.25) is 9.59 Å². The van der Waals surface area contributed by atoms with Crippen LogP contribution in [0.2, 0.25) is 0 Å². The number of hydrogen-bond acceptors (Lipinski definition) is 4. The largest absolute Gasteiger partial charge is 0.493 e. The van der Waals surface area contributed by atoms with Crippen LogP contribution in [0.4, 0.5) is 0 Å². The summed E-state index contributed by atoms with van der Waals surface area (Å²) in [7, 11) is 2.93. The maximum atomic E-state index is 12.4. The Morgan fingerprint density at radius 1 is 1.04 bits per heavy atom. The summed E-state index contributed by atoms with van der Waals surface area (Å²) in [4.78, 5) is 23.9. The van der Waals surface area contributed by atoms with Gasteiger partial charge in [-0.05, 0) is 24.1 Å². The Kier molecular flexibility index (Phi) is 6.39. The zero-order valence-corrected chi connectivity index (χ0v) is 14.2. The fourth-order valence-corrected chi connectivity index (χ4v) is 2.52. The van der Waals surface area contributed by atoms with Gasteiger partial charge in [0.25, 0.3) is 5.91 Å². The van der Waals surface area contributed by atoms with E-state index in [2.05, 4.69) is 5.32 Å². The Balaban J connectivity index is 2.08. The van der Waals surface area contributed by atoms with E-state index < -0.39 is 17.8 Å². The summed E-state index contributed by atoms with van der Waals surface area (Å²) in [6, 6.07) is 14.3. The number of carbonyl (C=O) groups excluding carboxylic acids is 1. The monoisotopic (exact) mass is 343 g/mol. The minimum Gasteiger partial charge on any atom is -0.493 e. The van der Waals surface area contributed by atoms with Crippen molar-refractivity contribution in [1.82, 2.24) is 5.32 Å². The van der Waals surface area contributed by atoms with E-state index in [1.54, 1.807) is 18.2 Å². The normalized spacial score (nSPS) is 11.4. The van der Waals surface area contributed by atoms with Gasteiger partial charge in [0.1, 0.15) is 0 Å². The molecule has 0 radical (unpaired) electrons. The molecule has 0 aliphatic carbocycles. The first-order chi connectivity index (χ1) is 12.1. The van der Waals surface area contributed by atoms with E-state index >= 15 is 0 Å². The van der Waals surface area contributed by atoms with Crippen LogP contribution >= 0.6 is 0 Å². The number of carbonyl (C=O) groups is 2. The third kappa shape index (κ3) is 4.73. The van der Waals surface area contributed by atoms with Crippen LogP contribution in [0, 0.1) is 5.92 Å². The zero-order chi connectivity index (χ0) is 18.2. The van der Waals surface area contributed by atoms with Gasteiger partial charge >= 0.3 is 5.97 Å². The van der Waals surface area contributed by atoms with Gasteiger partial charge < -0.3 is 19.9 Å². The molecule has 6 nitrogen and oxygen atoms in total. The first-order valence-corrected chi connectivity index (χ1v) is 7.82. The van der Waals surface area contributed by atoms with Gasteiger partial charge in [0.15, 0.2) is 11.5 Å². The van der Waals surface area contributed by atoms with Gasteiger partial charge in [0, 0.05) is 6.54 Å². The molecule has 0 saturated carbocycles. The molecule has 2 aromatic carbocycles. The number of amides is 1. The molecule has 6 heteroatoms. The summed E-state index contributed by atoms with van der Waals surface area (Å²) < 4.78 is 10.4. The second-order valence-electron chi connectivity index (χ2n) is 5.48. The molecule has 132 valence electrons. The summed E-state index contributed by atoms with van der Waals surface area (Å²) >= 11 is 0. The minimum absolute atomic E-state index is 0.0173. The predicted octanol–water partition coefficient (Wildman–Crippen LogP) is 2.38. The van der Waals surface area contributed by atoms with Crippen LogP contribution in [0.3, 0.4) is 0 Å². The molecule has 0 bridgehead atoms. The van der Waals surface area contributed by atoms with Crippen LogP contribution in [0.5, 0.6) is 11.5 Å². The average Bonchev–Trinajstić information content (AvgIpc) is 2.64. The Hall–Kier alpha value is -3.02. The van der Waals surface area contributed by atoms with Crippen LogP contribution < -0.4 is 14.8 Å². The van der Waals surface area contributed by atoms with E-state index in [0.717, 1.165) is 5.56 Å². The van der Waals surface area contributed by atoms with Crippen LogP contribution in [0.15, 0.2) is 48.5 Å². The fraction of sp³-hybridized carbons (Fsp3) is 0.263. The van der Waals surface area contributed by atoms with Crippen molar-refractivity contribution in [2.45, 2.75) is 6.42 Å². The Morgan fingerprint density at radius 3 is 2.36 bits per heavy atom. The van der Waals surface area contributed by atoms with E-state index in [4.69, 9.17) is 9.47 Å². The molecule has 0 aliphatic rings. The molecular formula is C19H21NO5. The van der Waals surface area contributed by atoms with Crippen molar-refractivity contribution in [2.75, 3.05) is 20.8 Å². The molecular weight excluding hydrogens is 322 g/mol. The van der Waals surface area contributed by atoms with Gasteiger partial charge in [0.05, 0.1) is 25.7 Å². The number of hydrogen-bond donors (Lipinski definition) is 2. The number of rotatable bonds is 8. The van der Waals surface area contributed by atoms with E-state index in [1.807, 2.05) is 30.3 Å². The summed E-state index contributed by atoms with van der Waals surface area (Å²) in [5.41, 5.74) is 1.20. The van der Waals surface area contributed by atoms with Crippen molar-refractivity contribution in [1.29, 1.82) is 0 Å². The standard InChI is InChI=1S/C19H21NO5/c1-24-16-10-6-9-15(17(16)25-2)18(21)20-12-14(19(22)23)11-13-7-4-3-5-8-13/h3-10,14H,11-12H2,1-2H3,(H,20,21)(H,22,23). The predicted molar refractivity (Wildman–Crippen MR) is 93.2 cm³/mol.